The summed E-state index contributed by atoms with van der Waals surface area (Å²) in [5, 5.41) is 0. The molecule has 0 bridgehead atoms. The molecule has 3 N–H and O–H groups in total. The van der Waals surface area contributed by atoms with Crippen LogP contribution in [-0.2, 0) is 0 Å². The highest BCUT2D eigenvalue weighted by Gasteiger charge is 2.10. The summed E-state index contributed by atoms with van der Waals surface area (Å²) in [4.78, 5) is 0. The zero-order valence-corrected chi connectivity index (χ0v) is 9.05. The average molecular weight is 215 g/mol. The van der Waals surface area contributed by atoms with Crippen molar-refractivity contribution in [2.24, 2.45) is 11.8 Å². The number of hydrogen-bond acceptors (Lipinski definition) is 2. The second-order valence-corrected chi connectivity index (χ2v) is 3.27. The van der Waals surface area contributed by atoms with Gasteiger partial charge in [-0.3, -0.25) is 11.3 Å². The molecule has 0 aliphatic heterocycles. The second kappa shape index (κ2) is 9.59. The van der Waals surface area contributed by atoms with Crippen LogP contribution in [0.15, 0.2) is 0 Å². The van der Waals surface area contributed by atoms with Gasteiger partial charge in [-0.2, -0.15) is 0 Å². The maximum absolute atomic E-state index is 5.26. The monoisotopic (exact) mass is 214 g/mol. The molecule has 1 fully saturated rings. The van der Waals surface area contributed by atoms with E-state index < -0.39 is 0 Å². The van der Waals surface area contributed by atoms with Gasteiger partial charge in [0.05, 0.1) is 0 Å². The van der Waals surface area contributed by atoms with Crippen LogP contribution in [0.1, 0.15) is 38.5 Å². The fourth-order valence-electron chi connectivity index (χ4n) is 1.73. The van der Waals surface area contributed by atoms with Crippen molar-refractivity contribution in [3.05, 3.63) is 0 Å². The third kappa shape index (κ3) is 6.06. The molecule has 0 atom stereocenters. The third-order valence-electron chi connectivity index (χ3n) is 2.38. The first-order valence-electron chi connectivity index (χ1n) is 4.37. The van der Waals surface area contributed by atoms with Crippen molar-refractivity contribution < 1.29 is 0 Å². The number of hydrogen-bond donors (Lipinski definition) is 2. The van der Waals surface area contributed by atoms with Gasteiger partial charge in [0.2, 0.25) is 0 Å². The number of nitrogens with one attached hydrogen (secondary N) is 1. The molecule has 0 saturated heterocycles. The predicted octanol–water partition coefficient (Wildman–Crippen LogP) is 2.26. The van der Waals surface area contributed by atoms with Crippen LogP contribution < -0.4 is 11.3 Å². The van der Waals surface area contributed by atoms with Gasteiger partial charge in [0, 0.05) is 6.54 Å². The van der Waals surface area contributed by atoms with Crippen LogP contribution in [0.4, 0.5) is 0 Å². The summed E-state index contributed by atoms with van der Waals surface area (Å²) in [6.45, 7) is 1.01. The fourth-order valence-corrected chi connectivity index (χ4v) is 1.73. The third-order valence-corrected chi connectivity index (χ3v) is 2.38. The van der Waals surface area contributed by atoms with Gasteiger partial charge in [0.1, 0.15) is 0 Å². The van der Waals surface area contributed by atoms with E-state index in [1.807, 2.05) is 0 Å². The Kier molecular flexibility index (Phi) is 12.0. The Balaban J connectivity index is 0. The Morgan fingerprint density at radius 2 is 1.50 bits per heavy atom. The summed E-state index contributed by atoms with van der Waals surface area (Å²) in [6, 6.07) is 0. The molecule has 0 amide bonds. The molecule has 2 nitrogen and oxygen atoms in total. The van der Waals surface area contributed by atoms with E-state index >= 15 is 0 Å². The quantitative estimate of drug-likeness (QED) is 0.421. The van der Waals surface area contributed by atoms with Gasteiger partial charge in [-0.1, -0.05) is 25.7 Å². The Labute approximate surface area is 87.5 Å². The van der Waals surface area contributed by atoms with E-state index in [4.69, 9.17) is 5.84 Å². The first-order valence-corrected chi connectivity index (χ1v) is 4.37. The Morgan fingerprint density at radius 3 is 1.92 bits per heavy atom. The molecular formula is C8H20Cl2N2. The van der Waals surface area contributed by atoms with E-state index in [1.54, 1.807) is 0 Å². The Hall–Kier alpha value is 0.500. The van der Waals surface area contributed by atoms with Crippen LogP contribution >= 0.6 is 24.8 Å². The number of halogens is 2. The highest BCUT2D eigenvalue weighted by atomic mass is 35.5. The van der Waals surface area contributed by atoms with Crippen LogP contribution in [0.25, 0.3) is 0 Å². The second-order valence-electron chi connectivity index (χ2n) is 3.27. The smallest absolute Gasteiger partial charge is 0.0126 e. The minimum atomic E-state index is 0. The van der Waals surface area contributed by atoms with Crippen LogP contribution in [0.3, 0.4) is 0 Å². The molecule has 0 aromatic carbocycles. The molecule has 1 saturated carbocycles. The molecule has 76 valence electrons. The van der Waals surface area contributed by atoms with Gasteiger partial charge in [-0.05, 0) is 18.8 Å². The van der Waals surface area contributed by atoms with E-state index in [-0.39, 0.29) is 24.8 Å². The van der Waals surface area contributed by atoms with Crippen molar-refractivity contribution in [1.29, 1.82) is 0 Å². The van der Waals surface area contributed by atoms with E-state index in [2.05, 4.69) is 5.43 Å². The first-order chi connectivity index (χ1) is 4.93. The molecule has 0 aromatic heterocycles. The summed E-state index contributed by atoms with van der Waals surface area (Å²) in [7, 11) is 0. The van der Waals surface area contributed by atoms with Crippen molar-refractivity contribution in [3.8, 4) is 0 Å². The van der Waals surface area contributed by atoms with E-state index in [0.717, 1.165) is 12.5 Å². The van der Waals surface area contributed by atoms with Crippen molar-refractivity contribution >= 4 is 24.8 Å². The fraction of sp³-hybridized carbons (Fsp3) is 1.00. The summed E-state index contributed by atoms with van der Waals surface area (Å²) in [5.41, 5.74) is 2.77. The zero-order chi connectivity index (χ0) is 7.23. The minimum Gasteiger partial charge on any atom is -0.271 e. The van der Waals surface area contributed by atoms with Gasteiger partial charge in [0.25, 0.3) is 0 Å². The van der Waals surface area contributed by atoms with Crippen molar-refractivity contribution in [2.45, 2.75) is 38.5 Å². The highest BCUT2D eigenvalue weighted by molar-refractivity contribution is 5.85. The number of rotatable bonds is 2. The molecule has 1 aliphatic carbocycles. The first kappa shape index (κ1) is 15.0. The topological polar surface area (TPSA) is 38.0 Å². The molecule has 12 heavy (non-hydrogen) atoms. The Morgan fingerprint density at radius 1 is 1.00 bits per heavy atom. The van der Waals surface area contributed by atoms with E-state index in [1.165, 1.54) is 38.5 Å². The van der Waals surface area contributed by atoms with Crippen molar-refractivity contribution in [2.75, 3.05) is 6.54 Å². The lowest BCUT2D eigenvalue weighted by Gasteiger charge is -2.11. The molecule has 1 aliphatic rings. The molecule has 0 aromatic rings. The lowest BCUT2D eigenvalue weighted by molar-refractivity contribution is 0.430. The van der Waals surface area contributed by atoms with Gasteiger partial charge >= 0.3 is 0 Å². The van der Waals surface area contributed by atoms with Crippen LogP contribution in [0, 0.1) is 5.92 Å². The number of hydrazine groups is 1. The highest BCUT2D eigenvalue weighted by Crippen LogP contribution is 2.21. The molecule has 0 radical (unpaired) electrons. The van der Waals surface area contributed by atoms with Crippen molar-refractivity contribution in [3.63, 3.8) is 0 Å². The lowest BCUT2D eigenvalue weighted by atomic mass is 10.0. The minimum absolute atomic E-state index is 0. The SMILES string of the molecule is Cl.Cl.NNCC1CCCCCC1. The normalized spacial score (nSPS) is 18.8. The van der Waals surface area contributed by atoms with Gasteiger partial charge in [-0.25, -0.2) is 0 Å². The Bertz CT molecular complexity index is 83.1. The summed E-state index contributed by atoms with van der Waals surface area (Å²) in [5.74, 6) is 6.11. The average Bonchev–Trinajstić information content (AvgIpc) is 2.17. The molecule has 0 spiro atoms. The van der Waals surface area contributed by atoms with Gasteiger partial charge in [0.15, 0.2) is 0 Å². The maximum atomic E-state index is 5.26. The summed E-state index contributed by atoms with van der Waals surface area (Å²) < 4.78 is 0. The van der Waals surface area contributed by atoms with Crippen LogP contribution in [0.5, 0.6) is 0 Å². The number of nitrogens with two attached hydrogens (primary N) is 1. The van der Waals surface area contributed by atoms with Crippen LogP contribution in [-0.4, -0.2) is 6.54 Å². The van der Waals surface area contributed by atoms with Gasteiger partial charge in [-0.15, -0.1) is 24.8 Å². The summed E-state index contributed by atoms with van der Waals surface area (Å²) in [6.07, 6.45) is 8.44. The molecule has 0 unspecified atom stereocenters. The molecule has 1 rings (SSSR count). The largest absolute Gasteiger partial charge is 0.271 e. The van der Waals surface area contributed by atoms with E-state index in [0.29, 0.717) is 0 Å². The van der Waals surface area contributed by atoms with Gasteiger partial charge < -0.3 is 0 Å². The molecular weight excluding hydrogens is 195 g/mol. The van der Waals surface area contributed by atoms with E-state index in [9.17, 15) is 0 Å². The predicted molar refractivity (Wildman–Crippen MR) is 57.9 cm³/mol. The molecule has 4 heteroatoms. The maximum Gasteiger partial charge on any atom is 0.0126 e. The lowest BCUT2D eigenvalue weighted by Crippen LogP contribution is -2.28. The summed E-state index contributed by atoms with van der Waals surface area (Å²) >= 11 is 0. The van der Waals surface area contributed by atoms with Crippen LogP contribution in [0.2, 0.25) is 0 Å². The zero-order valence-electron chi connectivity index (χ0n) is 7.42. The standard InChI is InChI=1S/C8H18N2.2ClH/c9-10-7-8-5-3-1-2-4-6-8;;/h8,10H,1-7,9H2;2*1H. The van der Waals surface area contributed by atoms with Crippen molar-refractivity contribution in [1.82, 2.24) is 5.43 Å². The molecule has 0 heterocycles.